The third kappa shape index (κ3) is 6.27. The zero-order valence-corrected chi connectivity index (χ0v) is 17.2. The van der Waals surface area contributed by atoms with E-state index in [1.54, 1.807) is 24.2 Å². The van der Waals surface area contributed by atoms with Gasteiger partial charge >= 0.3 is 0 Å². The van der Waals surface area contributed by atoms with E-state index in [9.17, 15) is 9.59 Å². The van der Waals surface area contributed by atoms with Crippen LogP contribution in [-0.2, 0) is 29.1 Å². The second-order valence-electron chi connectivity index (χ2n) is 7.24. The summed E-state index contributed by atoms with van der Waals surface area (Å²) in [5, 5.41) is 2.93. The summed E-state index contributed by atoms with van der Waals surface area (Å²) in [6.45, 7) is 2.59. The van der Waals surface area contributed by atoms with Gasteiger partial charge in [-0.2, -0.15) is 0 Å². The first-order valence-electron chi connectivity index (χ1n) is 10.2. The minimum Gasteiger partial charge on any atom is -0.350 e. The van der Waals surface area contributed by atoms with E-state index in [-0.39, 0.29) is 11.8 Å². The van der Waals surface area contributed by atoms with Gasteiger partial charge in [0.15, 0.2) is 0 Å². The standard InChI is InChI=1S/C25H27N3O2/c1-20(25(30)27-18-22-14-16-26-17-15-22)28(19-23-10-6-3-7-11-23)24(29)13-12-21-8-4-2-5-9-21/h2-11,14-17,20H,12-13,18-19H2,1H3,(H,27,30). The number of carbonyl (C=O) groups excluding carboxylic acids is 2. The summed E-state index contributed by atoms with van der Waals surface area (Å²) in [6, 6.07) is 22.8. The lowest BCUT2D eigenvalue weighted by Gasteiger charge is -2.29. The van der Waals surface area contributed by atoms with Crippen molar-refractivity contribution in [2.45, 2.75) is 38.9 Å². The van der Waals surface area contributed by atoms with Crippen molar-refractivity contribution in [2.75, 3.05) is 0 Å². The van der Waals surface area contributed by atoms with Crippen molar-refractivity contribution in [3.63, 3.8) is 0 Å². The number of carbonyl (C=O) groups is 2. The molecule has 0 fully saturated rings. The maximum Gasteiger partial charge on any atom is 0.242 e. The molecule has 3 aromatic rings. The molecule has 2 amide bonds. The molecule has 30 heavy (non-hydrogen) atoms. The number of hydrogen-bond acceptors (Lipinski definition) is 3. The van der Waals surface area contributed by atoms with Crippen molar-refractivity contribution in [3.8, 4) is 0 Å². The number of benzene rings is 2. The van der Waals surface area contributed by atoms with Gasteiger partial charge in [-0.25, -0.2) is 0 Å². The Kier molecular flexibility index (Phi) is 7.72. The van der Waals surface area contributed by atoms with Crippen molar-refractivity contribution in [1.82, 2.24) is 15.2 Å². The summed E-state index contributed by atoms with van der Waals surface area (Å²) < 4.78 is 0. The number of nitrogens with one attached hydrogen (secondary N) is 1. The molecule has 0 bridgehead atoms. The van der Waals surface area contributed by atoms with Crippen molar-refractivity contribution < 1.29 is 9.59 Å². The fraction of sp³-hybridized carbons (Fsp3) is 0.240. The van der Waals surface area contributed by atoms with Crippen LogP contribution in [0.15, 0.2) is 85.2 Å². The molecule has 0 spiro atoms. The average Bonchev–Trinajstić information content (AvgIpc) is 2.81. The second-order valence-corrected chi connectivity index (χ2v) is 7.24. The highest BCUT2D eigenvalue weighted by molar-refractivity contribution is 5.87. The number of rotatable bonds is 9. The van der Waals surface area contributed by atoms with Crippen LogP contribution in [0, 0.1) is 0 Å². The van der Waals surface area contributed by atoms with E-state index in [0.717, 1.165) is 16.7 Å². The van der Waals surface area contributed by atoms with Crippen molar-refractivity contribution in [3.05, 3.63) is 102 Å². The highest BCUT2D eigenvalue weighted by atomic mass is 16.2. The van der Waals surface area contributed by atoms with E-state index in [4.69, 9.17) is 0 Å². The maximum atomic E-state index is 13.1. The molecule has 1 aromatic heterocycles. The van der Waals surface area contributed by atoms with Gasteiger partial charge in [-0.15, -0.1) is 0 Å². The first-order valence-corrected chi connectivity index (χ1v) is 10.2. The molecule has 0 aliphatic rings. The topological polar surface area (TPSA) is 62.3 Å². The average molecular weight is 402 g/mol. The zero-order chi connectivity index (χ0) is 21.2. The minimum atomic E-state index is -0.574. The quantitative estimate of drug-likeness (QED) is 0.594. The Morgan fingerprint density at radius 3 is 2.10 bits per heavy atom. The van der Waals surface area contributed by atoms with E-state index < -0.39 is 6.04 Å². The molecular weight excluding hydrogens is 374 g/mol. The van der Waals surface area contributed by atoms with E-state index in [2.05, 4.69) is 10.3 Å². The molecule has 0 aliphatic heterocycles. The Balaban J connectivity index is 1.67. The van der Waals surface area contributed by atoms with Crippen molar-refractivity contribution in [2.24, 2.45) is 0 Å². The van der Waals surface area contributed by atoms with Gasteiger partial charge in [-0.05, 0) is 42.2 Å². The lowest BCUT2D eigenvalue weighted by Crippen LogP contribution is -2.47. The summed E-state index contributed by atoms with van der Waals surface area (Å²) in [4.78, 5) is 31.5. The minimum absolute atomic E-state index is 0.0331. The highest BCUT2D eigenvalue weighted by Crippen LogP contribution is 2.13. The van der Waals surface area contributed by atoms with E-state index in [1.165, 1.54) is 0 Å². The summed E-state index contributed by atoms with van der Waals surface area (Å²) in [7, 11) is 0. The normalized spacial score (nSPS) is 11.5. The molecule has 2 aromatic carbocycles. The van der Waals surface area contributed by atoms with Crippen LogP contribution in [0.3, 0.4) is 0 Å². The van der Waals surface area contributed by atoms with Crippen molar-refractivity contribution >= 4 is 11.8 Å². The lowest BCUT2D eigenvalue weighted by molar-refractivity contribution is -0.140. The molecule has 154 valence electrons. The first kappa shape index (κ1) is 21.2. The molecule has 1 unspecified atom stereocenters. The van der Waals surface area contributed by atoms with Crippen LogP contribution in [0.5, 0.6) is 0 Å². The smallest absolute Gasteiger partial charge is 0.242 e. The third-order valence-corrected chi connectivity index (χ3v) is 5.05. The molecule has 0 saturated heterocycles. The highest BCUT2D eigenvalue weighted by Gasteiger charge is 2.25. The fourth-order valence-electron chi connectivity index (χ4n) is 3.24. The summed E-state index contributed by atoms with van der Waals surface area (Å²) in [5.74, 6) is -0.204. The Morgan fingerprint density at radius 1 is 0.867 bits per heavy atom. The summed E-state index contributed by atoms with van der Waals surface area (Å²) in [6.07, 6.45) is 4.40. The number of amides is 2. The monoisotopic (exact) mass is 401 g/mol. The van der Waals surface area contributed by atoms with Crippen LogP contribution < -0.4 is 5.32 Å². The lowest BCUT2D eigenvalue weighted by atomic mass is 10.1. The van der Waals surface area contributed by atoms with Gasteiger partial charge in [-0.3, -0.25) is 14.6 Å². The largest absolute Gasteiger partial charge is 0.350 e. The molecule has 0 saturated carbocycles. The van der Waals surface area contributed by atoms with Gasteiger partial charge in [0.2, 0.25) is 11.8 Å². The van der Waals surface area contributed by atoms with Gasteiger partial charge in [0.05, 0.1) is 0 Å². The van der Waals surface area contributed by atoms with Crippen LogP contribution >= 0.6 is 0 Å². The Labute approximate surface area is 177 Å². The predicted octanol–water partition coefficient (Wildman–Crippen LogP) is 3.75. The molecule has 5 heteroatoms. The molecule has 0 aliphatic carbocycles. The molecule has 0 radical (unpaired) electrons. The molecule has 5 nitrogen and oxygen atoms in total. The number of pyridine rings is 1. The van der Waals surface area contributed by atoms with Gasteiger partial charge in [0, 0.05) is 31.9 Å². The van der Waals surface area contributed by atoms with Crippen LogP contribution in [0.4, 0.5) is 0 Å². The predicted molar refractivity (Wildman–Crippen MR) is 117 cm³/mol. The number of aryl methyl sites for hydroxylation is 1. The van der Waals surface area contributed by atoms with Crippen LogP contribution in [-0.4, -0.2) is 27.7 Å². The maximum absolute atomic E-state index is 13.1. The van der Waals surface area contributed by atoms with Crippen LogP contribution in [0.25, 0.3) is 0 Å². The zero-order valence-electron chi connectivity index (χ0n) is 17.2. The van der Waals surface area contributed by atoms with Gasteiger partial charge in [-0.1, -0.05) is 60.7 Å². The van der Waals surface area contributed by atoms with Crippen LogP contribution in [0.1, 0.15) is 30.0 Å². The number of aromatic nitrogens is 1. The molecule has 1 heterocycles. The fourth-order valence-corrected chi connectivity index (χ4v) is 3.24. The molecular formula is C25H27N3O2. The molecule has 1 atom stereocenters. The Morgan fingerprint density at radius 2 is 1.47 bits per heavy atom. The van der Waals surface area contributed by atoms with Crippen molar-refractivity contribution in [1.29, 1.82) is 0 Å². The SMILES string of the molecule is CC(C(=O)NCc1ccncc1)N(Cc1ccccc1)C(=O)CCc1ccccc1. The Hall–Kier alpha value is -3.47. The van der Waals surface area contributed by atoms with Gasteiger partial charge < -0.3 is 10.2 Å². The third-order valence-electron chi connectivity index (χ3n) is 5.05. The molecule has 1 N–H and O–H groups in total. The van der Waals surface area contributed by atoms with Gasteiger partial charge in [0.1, 0.15) is 6.04 Å². The van der Waals surface area contributed by atoms with E-state index in [1.807, 2.05) is 72.8 Å². The summed E-state index contributed by atoms with van der Waals surface area (Å²) >= 11 is 0. The van der Waals surface area contributed by atoms with E-state index in [0.29, 0.717) is 25.9 Å². The number of hydrogen-bond donors (Lipinski definition) is 1. The summed E-state index contributed by atoms with van der Waals surface area (Å²) in [5.41, 5.74) is 3.08. The number of nitrogens with zero attached hydrogens (tertiary/aromatic N) is 2. The van der Waals surface area contributed by atoms with Crippen LogP contribution in [0.2, 0.25) is 0 Å². The Bertz CT molecular complexity index is 930. The first-order chi connectivity index (χ1) is 14.6. The van der Waals surface area contributed by atoms with E-state index >= 15 is 0 Å². The second kappa shape index (κ2) is 10.9. The van der Waals surface area contributed by atoms with Gasteiger partial charge in [0.25, 0.3) is 0 Å². The molecule has 3 rings (SSSR count).